The molecule has 0 aliphatic heterocycles. The number of carbonyl (C=O) groups is 2. The van der Waals surface area contributed by atoms with Crippen LogP contribution >= 0.6 is 0 Å². The van der Waals surface area contributed by atoms with E-state index >= 15 is 0 Å². The van der Waals surface area contributed by atoms with Crippen molar-refractivity contribution in [1.29, 1.82) is 0 Å². The van der Waals surface area contributed by atoms with Gasteiger partial charge < -0.3 is 15.5 Å². The van der Waals surface area contributed by atoms with E-state index in [9.17, 15) is 22.8 Å². The molecule has 0 aromatic carbocycles. The van der Waals surface area contributed by atoms with Gasteiger partial charge in [0.15, 0.2) is 6.04 Å². The average molecular weight is 229 g/mol. The van der Waals surface area contributed by atoms with Gasteiger partial charge in [-0.3, -0.25) is 4.79 Å². The molecule has 0 rings (SSSR count). The summed E-state index contributed by atoms with van der Waals surface area (Å²) in [4.78, 5) is 21.1. The lowest BCUT2D eigenvalue weighted by molar-refractivity contribution is -0.158. The van der Waals surface area contributed by atoms with Crippen molar-refractivity contribution in [2.45, 2.75) is 31.7 Å². The lowest BCUT2D eigenvalue weighted by atomic mass is 10.2. The number of nitrogens with one attached hydrogen (secondary N) is 1. The number of amides is 1. The van der Waals surface area contributed by atoms with Crippen LogP contribution in [0.1, 0.15) is 13.3 Å². The Hall–Kier alpha value is -1.31. The fourth-order valence-corrected chi connectivity index (χ4v) is 0.795. The molecule has 8 heteroatoms. The van der Waals surface area contributed by atoms with Crippen molar-refractivity contribution in [3.05, 3.63) is 0 Å². The summed E-state index contributed by atoms with van der Waals surface area (Å²) >= 11 is 0. The monoisotopic (exact) mass is 229 g/mol. The van der Waals surface area contributed by atoms with E-state index in [2.05, 4.69) is 0 Å². The second-order valence-corrected chi connectivity index (χ2v) is 2.92. The highest BCUT2D eigenvalue weighted by Crippen LogP contribution is 2.19. The summed E-state index contributed by atoms with van der Waals surface area (Å²) in [5.74, 6) is -3.09. The van der Waals surface area contributed by atoms with Gasteiger partial charge in [-0.15, -0.1) is 0 Å². The van der Waals surface area contributed by atoms with Gasteiger partial charge in [0, 0.05) is 0 Å². The number of rotatable bonds is 4. The molecule has 0 saturated carbocycles. The highest BCUT2D eigenvalue weighted by Gasteiger charge is 2.34. The Kier molecular flexibility index (Phi) is 4.53. The van der Waals surface area contributed by atoms with Crippen molar-refractivity contribution in [3.63, 3.8) is 0 Å². The lowest BCUT2D eigenvalue weighted by Gasteiger charge is -2.17. The van der Waals surface area contributed by atoms with Crippen molar-refractivity contribution in [2.24, 2.45) is 0 Å². The molecule has 0 fully saturated rings. The molecule has 0 aliphatic carbocycles. The summed E-state index contributed by atoms with van der Waals surface area (Å²) in [6.45, 7) is 1.05. The van der Waals surface area contributed by atoms with Crippen LogP contribution in [0.25, 0.3) is 0 Å². The molecule has 1 amide bonds. The lowest BCUT2D eigenvalue weighted by Crippen LogP contribution is -2.48. The molecule has 0 aromatic rings. The molecule has 0 heterocycles. The number of aliphatic carboxylic acids is 1. The van der Waals surface area contributed by atoms with E-state index in [-0.39, 0.29) is 0 Å². The van der Waals surface area contributed by atoms with Gasteiger partial charge in [0.05, 0.1) is 6.10 Å². The Morgan fingerprint density at radius 1 is 1.40 bits per heavy atom. The van der Waals surface area contributed by atoms with Crippen molar-refractivity contribution in [1.82, 2.24) is 5.32 Å². The van der Waals surface area contributed by atoms with E-state index in [1.54, 1.807) is 5.32 Å². The molecular formula is C7H10F3NO4. The number of aliphatic hydroxyl groups excluding tert-OH is 1. The molecule has 0 aromatic heterocycles. The van der Waals surface area contributed by atoms with Crippen molar-refractivity contribution >= 4 is 11.9 Å². The second kappa shape index (κ2) is 4.96. The smallest absolute Gasteiger partial charge is 0.397 e. The summed E-state index contributed by atoms with van der Waals surface area (Å²) in [5.41, 5.74) is 0. The molecule has 0 bridgehead atoms. The summed E-state index contributed by atoms with van der Waals surface area (Å²) in [6, 6.07) is -1.74. The van der Waals surface area contributed by atoms with Crippen LogP contribution in [0.3, 0.4) is 0 Å². The zero-order valence-corrected chi connectivity index (χ0v) is 7.71. The number of hydrogen-bond acceptors (Lipinski definition) is 3. The molecule has 5 nitrogen and oxygen atoms in total. The summed E-state index contributed by atoms with van der Waals surface area (Å²) in [7, 11) is 0. The van der Waals surface area contributed by atoms with E-state index < -0.39 is 36.6 Å². The zero-order chi connectivity index (χ0) is 12.2. The Balaban J connectivity index is 4.31. The van der Waals surface area contributed by atoms with Gasteiger partial charge in [-0.25, -0.2) is 4.79 Å². The summed E-state index contributed by atoms with van der Waals surface area (Å²) < 4.78 is 35.1. The number of carboxylic acids is 1. The van der Waals surface area contributed by atoms with E-state index in [1.165, 1.54) is 0 Å². The Labute approximate surface area is 82.9 Å². The third-order valence-corrected chi connectivity index (χ3v) is 1.43. The van der Waals surface area contributed by atoms with Gasteiger partial charge in [-0.2, -0.15) is 13.2 Å². The van der Waals surface area contributed by atoms with Crippen LogP contribution in [-0.2, 0) is 9.59 Å². The average Bonchev–Trinajstić information content (AvgIpc) is 1.95. The molecule has 2 unspecified atom stereocenters. The van der Waals surface area contributed by atoms with Crippen LogP contribution in [0.15, 0.2) is 0 Å². The minimum Gasteiger partial charge on any atom is -0.480 e. The molecule has 2 atom stereocenters. The maximum absolute atomic E-state index is 11.7. The fourth-order valence-electron chi connectivity index (χ4n) is 0.795. The number of carboxylic acid groups (broad SMARTS) is 1. The molecule has 0 spiro atoms. The quantitative estimate of drug-likeness (QED) is 0.627. The van der Waals surface area contributed by atoms with Gasteiger partial charge in [0.1, 0.15) is 6.42 Å². The van der Waals surface area contributed by atoms with Crippen molar-refractivity contribution < 1.29 is 33.0 Å². The Morgan fingerprint density at radius 3 is 2.13 bits per heavy atom. The van der Waals surface area contributed by atoms with Gasteiger partial charge in [-0.1, -0.05) is 0 Å². The largest absolute Gasteiger partial charge is 0.480 e. The van der Waals surface area contributed by atoms with Gasteiger partial charge in [0.25, 0.3) is 0 Å². The first-order valence-corrected chi connectivity index (χ1v) is 3.90. The molecule has 0 radical (unpaired) electrons. The molecule has 15 heavy (non-hydrogen) atoms. The van der Waals surface area contributed by atoms with E-state index in [0.29, 0.717) is 0 Å². The SMILES string of the molecule is CC(O)C(NC(=O)CC(F)(F)F)C(=O)O. The topological polar surface area (TPSA) is 86.6 Å². The van der Waals surface area contributed by atoms with Crippen molar-refractivity contribution in [2.75, 3.05) is 0 Å². The van der Waals surface area contributed by atoms with Gasteiger partial charge in [-0.05, 0) is 6.92 Å². The number of alkyl halides is 3. The van der Waals surface area contributed by atoms with E-state index in [0.717, 1.165) is 6.92 Å². The Morgan fingerprint density at radius 2 is 1.87 bits per heavy atom. The summed E-state index contributed by atoms with van der Waals surface area (Å²) in [5, 5.41) is 18.9. The van der Waals surface area contributed by atoms with Crippen molar-refractivity contribution in [3.8, 4) is 0 Å². The first-order chi connectivity index (χ1) is 6.63. The number of halogens is 3. The number of hydrogen-bond donors (Lipinski definition) is 3. The van der Waals surface area contributed by atoms with Gasteiger partial charge in [0.2, 0.25) is 5.91 Å². The third kappa shape index (κ3) is 5.89. The predicted molar refractivity (Wildman–Crippen MR) is 41.9 cm³/mol. The van der Waals surface area contributed by atoms with E-state index in [1.807, 2.05) is 0 Å². The summed E-state index contributed by atoms with van der Waals surface area (Å²) in [6.07, 6.45) is -7.95. The Bertz CT molecular complexity index is 251. The number of aliphatic hydroxyl groups is 1. The van der Waals surface area contributed by atoms with Crippen LogP contribution in [-0.4, -0.2) is 40.4 Å². The second-order valence-electron chi connectivity index (χ2n) is 2.92. The van der Waals surface area contributed by atoms with Crippen LogP contribution in [0.5, 0.6) is 0 Å². The fraction of sp³-hybridized carbons (Fsp3) is 0.714. The first-order valence-electron chi connectivity index (χ1n) is 3.90. The molecular weight excluding hydrogens is 219 g/mol. The minimum atomic E-state index is -4.70. The molecule has 0 aliphatic rings. The predicted octanol–water partition coefficient (Wildman–Crippen LogP) is -0.111. The minimum absolute atomic E-state index is 1.05. The van der Waals surface area contributed by atoms with Crippen LogP contribution in [0.4, 0.5) is 13.2 Å². The zero-order valence-electron chi connectivity index (χ0n) is 7.71. The maximum Gasteiger partial charge on any atom is 0.397 e. The molecule has 3 N–H and O–H groups in total. The highest BCUT2D eigenvalue weighted by molar-refractivity contribution is 5.84. The van der Waals surface area contributed by atoms with Crippen LogP contribution < -0.4 is 5.32 Å². The first kappa shape index (κ1) is 13.7. The number of carbonyl (C=O) groups excluding carboxylic acids is 1. The normalized spacial score (nSPS) is 15.5. The van der Waals surface area contributed by atoms with Gasteiger partial charge >= 0.3 is 12.1 Å². The van der Waals surface area contributed by atoms with Crippen LogP contribution in [0, 0.1) is 0 Å². The maximum atomic E-state index is 11.7. The highest BCUT2D eigenvalue weighted by atomic mass is 19.4. The van der Waals surface area contributed by atoms with Crippen LogP contribution in [0.2, 0.25) is 0 Å². The molecule has 0 saturated heterocycles. The standard InChI is InChI=1S/C7H10F3NO4/c1-3(12)5(6(14)15)11-4(13)2-7(8,9)10/h3,5,12H,2H2,1H3,(H,11,13)(H,14,15). The molecule has 88 valence electrons. The van der Waals surface area contributed by atoms with E-state index in [4.69, 9.17) is 10.2 Å². The third-order valence-electron chi connectivity index (χ3n) is 1.43.